The Kier molecular flexibility index (Phi) is 5.98. The Balaban J connectivity index is 1.46. The molecule has 0 saturated heterocycles. The third kappa shape index (κ3) is 5.09. The summed E-state index contributed by atoms with van der Waals surface area (Å²) >= 11 is 0. The number of rotatable bonds is 6. The molecule has 3 aromatic rings. The summed E-state index contributed by atoms with van der Waals surface area (Å²) in [5.74, 6) is -0.0548. The molecule has 0 radical (unpaired) electrons. The number of carbonyl (C=O) groups excluding carboxylic acids is 2. The van der Waals surface area contributed by atoms with Gasteiger partial charge in [-0.3, -0.25) is 9.59 Å². The van der Waals surface area contributed by atoms with E-state index in [1.807, 2.05) is 31.2 Å². The van der Waals surface area contributed by atoms with Gasteiger partial charge in [-0.1, -0.05) is 42.0 Å². The van der Waals surface area contributed by atoms with Gasteiger partial charge in [-0.25, -0.2) is 4.39 Å². The van der Waals surface area contributed by atoms with E-state index in [0.717, 1.165) is 11.1 Å². The fourth-order valence-electron chi connectivity index (χ4n) is 3.46. The van der Waals surface area contributed by atoms with Crippen LogP contribution in [0.5, 0.6) is 5.75 Å². The highest BCUT2D eigenvalue weighted by molar-refractivity contribution is 5.99. The van der Waals surface area contributed by atoms with Gasteiger partial charge in [0.2, 0.25) is 5.91 Å². The van der Waals surface area contributed by atoms with Crippen molar-refractivity contribution in [3.05, 3.63) is 89.2 Å². The van der Waals surface area contributed by atoms with Gasteiger partial charge in [-0.2, -0.15) is 0 Å². The molecular formula is C25H23FN2O3. The van der Waals surface area contributed by atoms with Gasteiger partial charge < -0.3 is 15.0 Å². The standard InChI is InChI=1S/C25H23FN2O3/c1-17-2-4-18(5-3-17)8-13-24(29)27-21-11-12-23-22(14-21)28(25(30)16-31-23)15-19-6-9-20(26)10-7-19/h2-7,9-12,14H,8,13,15-16H2,1H3,(H,27,29). The van der Waals surface area contributed by atoms with Gasteiger partial charge >= 0.3 is 0 Å². The van der Waals surface area contributed by atoms with Gasteiger partial charge in [0, 0.05) is 12.1 Å². The number of aryl methyl sites for hydroxylation is 2. The maximum absolute atomic E-state index is 13.2. The molecule has 0 fully saturated rings. The Bertz CT molecular complexity index is 1090. The van der Waals surface area contributed by atoms with Crippen LogP contribution in [0, 0.1) is 12.7 Å². The van der Waals surface area contributed by atoms with Crippen LogP contribution in [0.4, 0.5) is 15.8 Å². The summed E-state index contributed by atoms with van der Waals surface area (Å²) in [5.41, 5.74) is 4.27. The fraction of sp³-hybridized carbons (Fsp3) is 0.200. The lowest BCUT2D eigenvalue weighted by Crippen LogP contribution is -2.38. The second-order valence-corrected chi connectivity index (χ2v) is 7.61. The molecule has 3 aromatic carbocycles. The van der Waals surface area contributed by atoms with Gasteiger partial charge in [-0.05, 0) is 54.8 Å². The van der Waals surface area contributed by atoms with Crippen LogP contribution in [0.2, 0.25) is 0 Å². The Morgan fingerprint density at radius 2 is 1.74 bits per heavy atom. The first-order chi connectivity index (χ1) is 15.0. The van der Waals surface area contributed by atoms with Gasteiger partial charge in [0.05, 0.1) is 12.2 Å². The largest absolute Gasteiger partial charge is 0.482 e. The molecule has 1 aliphatic rings. The number of hydrogen-bond donors (Lipinski definition) is 1. The average Bonchev–Trinajstić information content (AvgIpc) is 2.77. The molecule has 0 bridgehead atoms. The highest BCUT2D eigenvalue weighted by atomic mass is 19.1. The average molecular weight is 418 g/mol. The third-order valence-corrected chi connectivity index (χ3v) is 5.20. The number of nitrogens with one attached hydrogen (secondary N) is 1. The lowest BCUT2D eigenvalue weighted by Gasteiger charge is -2.30. The highest BCUT2D eigenvalue weighted by Gasteiger charge is 2.26. The first-order valence-electron chi connectivity index (χ1n) is 10.1. The zero-order valence-corrected chi connectivity index (χ0v) is 17.2. The van der Waals surface area contributed by atoms with Gasteiger partial charge in [0.1, 0.15) is 11.6 Å². The van der Waals surface area contributed by atoms with Crippen LogP contribution < -0.4 is 15.0 Å². The first-order valence-corrected chi connectivity index (χ1v) is 10.1. The number of hydrogen-bond acceptors (Lipinski definition) is 3. The van der Waals surface area contributed by atoms with Crippen molar-refractivity contribution in [2.45, 2.75) is 26.3 Å². The van der Waals surface area contributed by atoms with Crippen LogP contribution in [-0.4, -0.2) is 18.4 Å². The van der Waals surface area contributed by atoms with Crippen molar-refractivity contribution >= 4 is 23.2 Å². The number of carbonyl (C=O) groups is 2. The van der Waals surface area contributed by atoms with E-state index in [0.29, 0.717) is 36.5 Å². The van der Waals surface area contributed by atoms with Gasteiger partial charge in [-0.15, -0.1) is 0 Å². The maximum atomic E-state index is 13.2. The molecule has 0 saturated carbocycles. The molecule has 0 atom stereocenters. The summed E-state index contributed by atoms with van der Waals surface area (Å²) in [6, 6.07) is 19.4. The molecule has 0 aliphatic carbocycles. The van der Waals surface area contributed by atoms with Gasteiger partial charge in [0.15, 0.2) is 6.61 Å². The Hall–Kier alpha value is -3.67. The van der Waals surface area contributed by atoms with E-state index in [4.69, 9.17) is 4.74 Å². The topological polar surface area (TPSA) is 58.6 Å². The van der Waals surface area contributed by atoms with Crippen molar-refractivity contribution in [2.75, 3.05) is 16.8 Å². The second kappa shape index (κ2) is 9.00. The summed E-state index contributed by atoms with van der Waals surface area (Å²) in [7, 11) is 0. The minimum absolute atomic E-state index is 0.0591. The Labute approximate surface area is 180 Å². The summed E-state index contributed by atoms with van der Waals surface area (Å²) in [6.45, 7) is 2.26. The summed E-state index contributed by atoms with van der Waals surface area (Å²) in [6.07, 6.45) is 1.00. The van der Waals surface area contributed by atoms with Crippen molar-refractivity contribution in [3.63, 3.8) is 0 Å². The van der Waals surface area contributed by atoms with Crippen LogP contribution in [0.25, 0.3) is 0 Å². The van der Waals surface area contributed by atoms with E-state index in [2.05, 4.69) is 5.32 Å². The Morgan fingerprint density at radius 1 is 1.03 bits per heavy atom. The molecule has 0 spiro atoms. The van der Waals surface area contributed by atoms with Crippen LogP contribution >= 0.6 is 0 Å². The number of nitrogens with zero attached hydrogens (tertiary/aromatic N) is 1. The third-order valence-electron chi connectivity index (χ3n) is 5.20. The lowest BCUT2D eigenvalue weighted by molar-refractivity contribution is -0.121. The molecule has 0 aromatic heterocycles. The van der Waals surface area contributed by atoms with Crippen molar-refractivity contribution < 1.29 is 18.7 Å². The van der Waals surface area contributed by atoms with E-state index in [-0.39, 0.29) is 24.2 Å². The minimum atomic E-state index is -0.326. The van der Waals surface area contributed by atoms with Crippen LogP contribution in [0.1, 0.15) is 23.1 Å². The Morgan fingerprint density at radius 3 is 2.48 bits per heavy atom. The minimum Gasteiger partial charge on any atom is -0.482 e. The SMILES string of the molecule is Cc1ccc(CCC(=O)Nc2ccc3c(c2)N(Cc2ccc(F)cc2)C(=O)CO3)cc1. The smallest absolute Gasteiger partial charge is 0.265 e. The molecule has 6 heteroatoms. The van der Waals surface area contributed by atoms with Gasteiger partial charge in [0.25, 0.3) is 5.91 Å². The molecule has 0 unspecified atom stereocenters. The van der Waals surface area contributed by atoms with Crippen LogP contribution in [-0.2, 0) is 22.6 Å². The van der Waals surface area contributed by atoms with Crippen molar-refractivity contribution in [1.29, 1.82) is 0 Å². The van der Waals surface area contributed by atoms with E-state index < -0.39 is 0 Å². The first kappa shape index (κ1) is 20.6. The normalized spacial score (nSPS) is 12.8. The maximum Gasteiger partial charge on any atom is 0.265 e. The second-order valence-electron chi connectivity index (χ2n) is 7.61. The molecular weight excluding hydrogens is 395 g/mol. The number of ether oxygens (including phenoxy) is 1. The molecule has 158 valence electrons. The van der Waals surface area contributed by atoms with E-state index in [1.54, 1.807) is 35.2 Å². The molecule has 2 amide bonds. The van der Waals surface area contributed by atoms with Crippen molar-refractivity contribution in [3.8, 4) is 5.75 Å². The zero-order chi connectivity index (χ0) is 21.8. The zero-order valence-electron chi connectivity index (χ0n) is 17.2. The number of halogens is 1. The van der Waals surface area contributed by atoms with E-state index in [1.165, 1.54) is 17.7 Å². The number of benzene rings is 3. The predicted molar refractivity (Wildman–Crippen MR) is 118 cm³/mol. The molecule has 5 nitrogen and oxygen atoms in total. The van der Waals surface area contributed by atoms with Crippen LogP contribution in [0.3, 0.4) is 0 Å². The quantitative estimate of drug-likeness (QED) is 0.635. The van der Waals surface area contributed by atoms with Crippen molar-refractivity contribution in [1.82, 2.24) is 0 Å². The summed E-state index contributed by atoms with van der Waals surface area (Å²) in [5, 5.41) is 2.90. The predicted octanol–water partition coefficient (Wildman–Crippen LogP) is 4.63. The number of anilines is 2. The van der Waals surface area contributed by atoms with Crippen LogP contribution in [0.15, 0.2) is 66.7 Å². The monoisotopic (exact) mass is 418 g/mol. The summed E-state index contributed by atoms with van der Waals surface area (Å²) in [4.78, 5) is 26.5. The number of fused-ring (bicyclic) bond motifs is 1. The fourth-order valence-corrected chi connectivity index (χ4v) is 3.46. The lowest BCUT2D eigenvalue weighted by atomic mass is 10.1. The number of amides is 2. The van der Waals surface area contributed by atoms with E-state index >= 15 is 0 Å². The molecule has 1 N–H and O–H groups in total. The van der Waals surface area contributed by atoms with Crippen molar-refractivity contribution in [2.24, 2.45) is 0 Å². The molecule has 31 heavy (non-hydrogen) atoms. The molecule has 1 heterocycles. The highest BCUT2D eigenvalue weighted by Crippen LogP contribution is 2.35. The molecule has 4 rings (SSSR count). The van der Waals surface area contributed by atoms with E-state index in [9.17, 15) is 14.0 Å². The molecule has 1 aliphatic heterocycles. The summed E-state index contributed by atoms with van der Waals surface area (Å²) < 4.78 is 18.7.